The average Bonchev–Trinajstić information content (AvgIpc) is 2.91. The zero-order valence-corrected chi connectivity index (χ0v) is 12.4. The van der Waals surface area contributed by atoms with Gasteiger partial charge in [-0.25, -0.2) is 10.8 Å². The lowest BCUT2D eigenvalue weighted by Gasteiger charge is -2.06. The second-order valence-electron chi connectivity index (χ2n) is 4.81. The lowest BCUT2D eigenvalue weighted by Crippen LogP contribution is -2.13. The molecule has 0 fully saturated rings. The van der Waals surface area contributed by atoms with E-state index in [4.69, 9.17) is 17.4 Å². The van der Waals surface area contributed by atoms with Gasteiger partial charge in [0.2, 0.25) is 0 Å². The minimum absolute atomic E-state index is 0.664. The Morgan fingerprint density at radius 1 is 1.29 bits per heavy atom. The molecule has 3 aromatic rings. The minimum Gasteiger partial charge on any atom is -0.308 e. The molecule has 0 saturated carbocycles. The maximum Gasteiger partial charge on any atom is 0.158 e. The van der Waals surface area contributed by atoms with Crippen LogP contribution in [0, 0.1) is 0 Å². The highest BCUT2D eigenvalue weighted by Crippen LogP contribution is 2.28. The van der Waals surface area contributed by atoms with Gasteiger partial charge in [0.1, 0.15) is 5.82 Å². The number of anilines is 1. The lowest BCUT2D eigenvalue weighted by atomic mass is 10.1. The molecule has 0 aliphatic carbocycles. The predicted molar refractivity (Wildman–Crippen MR) is 85.2 cm³/mol. The van der Waals surface area contributed by atoms with E-state index in [1.165, 1.54) is 0 Å². The van der Waals surface area contributed by atoms with Crippen LogP contribution in [0.15, 0.2) is 36.4 Å². The molecular formula is C15H16ClN5. The summed E-state index contributed by atoms with van der Waals surface area (Å²) >= 11 is 6.23. The van der Waals surface area contributed by atoms with Crippen molar-refractivity contribution in [3.8, 4) is 11.3 Å². The summed E-state index contributed by atoms with van der Waals surface area (Å²) in [5, 5.41) is 5.21. The second-order valence-corrected chi connectivity index (χ2v) is 5.21. The third-order valence-electron chi connectivity index (χ3n) is 3.28. The molecule has 0 unspecified atom stereocenters. The van der Waals surface area contributed by atoms with E-state index in [0.717, 1.165) is 35.4 Å². The Hall–Kier alpha value is -2.11. The minimum atomic E-state index is 0.664. The zero-order chi connectivity index (χ0) is 14.8. The molecule has 3 rings (SSSR count). The van der Waals surface area contributed by atoms with E-state index in [0.29, 0.717) is 10.8 Å². The summed E-state index contributed by atoms with van der Waals surface area (Å²) in [6, 6.07) is 11.4. The van der Waals surface area contributed by atoms with E-state index in [9.17, 15) is 0 Å². The van der Waals surface area contributed by atoms with Crippen molar-refractivity contribution in [2.45, 2.75) is 19.8 Å². The van der Waals surface area contributed by atoms with Crippen molar-refractivity contribution in [3.05, 3.63) is 47.1 Å². The summed E-state index contributed by atoms with van der Waals surface area (Å²) in [6.07, 6.45) is 1.93. The van der Waals surface area contributed by atoms with Crippen molar-refractivity contribution < 1.29 is 0 Å². The number of hydrazine groups is 1. The Morgan fingerprint density at radius 3 is 2.81 bits per heavy atom. The third kappa shape index (κ3) is 2.57. The number of hydrogen-bond acceptors (Lipinski definition) is 4. The molecule has 5 nitrogen and oxygen atoms in total. The molecule has 3 N–H and O–H groups in total. The van der Waals surface area contributed by atoms with E-state index >= 15 is 0 Å². The van der Waals surface area contributed by atoms with Crippen LogP contribution >= 0.6 is 11.6 Å². The fraction of sp³-hybridized carbons (Fsp3) is 0.200. The van der Waals surface area contributed by atoms with Crippen LogP contribution in [0.3, 0.4) is 0 Å². The van der Waals surface area contributed by atoms with E-state index in [1.807, 2.05) is 36.4 Å². The first kappa shape index (κ1) is 13.9. The molecule has 0 spiro atoms. The predicted octanol–water partition coefficient (Wildman–Crippen LogP) is 3.29. The van der Waals surface area contributed by atoms with Crippen LogP contribution in [0.4, 0.5) is 5.82 Å². The molecule has 1 aromatic carbocycles. The van der Waals surface area contributed by atoms with Gasteiger partial charge in [-0.05, 0) is 12.5 Å². The fourth-order valence-electron chi connectivity index (χ4n) is 2.31. The molecule has 0 radical (unpaired) electrons. The highest BCUT2D eigenvalue weighted by Gasteiger charge is 2.12. The van der Waals surface area contributed by atoms with Gasteiger partial charge < -0.3 is 5.43 Å². The number of halogens is 1. The third-order valence-corrected chi connectivity index (χ3v) is 3.61. The number of fused-ring (bicyclic) bond motifs is 1. The molecule has 21 heavy (non-hydrogen) atoms. The van der Waals surface area contributed by atoms with Crippen LogP contribution in [0.2, 0.25) is 5.02 Å². The summed E-state index contributed by atoms with van der Waals surface area (Å²) in [4.78, 5) is 4.61. The molecule has 0 aliphatic heterocycles. The molecule has 2 aromatic heterocycles. The quantitative estimate of drug-likeness (QED) is 0.573. The molecule has 2 heterocycles. The number of rotatable bonds is 4. The number of aryl methyl sites for hydroxylation is 1. The largest absolute Gasteiger partial charge is 0.308 e. The van der Waals surface area contributed by atoms with Gasteiger partial charge in [0.25, 0.3) is 0 Å². The highest BCUT2D eigenvalue weighted by molar-refractivity contribution is 6.33. The molecular weight excluding hydrogens is 286 g/mol. The van der Waals surface area contributed by atoms with Crippen LogP contribution in [0.1, 0.15) is 19.0 Å². The Balaban J connectivity index is 2.17. The van der Waals surface area contributed by atoms with Gasteiger partial charge in [0.15, 0.2) is 5.65 Å². The summed E-state index contributed by atoms with van der Waals surface area (Å²) in [6.45, 7) is 2.12. The number of nitrogens with two attached hydrogens (primary N) is 1. The van der Waals surface area contributed by atoms with Gasteiger partial charge in [-0.15, -0.1) is 0 Å². The van der Waals surface area contributed by atoms with Crippen molar-refractivity contribution >= 4 is 23.1 Å². The van der Waals surface area contributed by atoms with Crippen molar-refractivity contribution in [3.63, 3.8) is 0 Å². The Morgan fingerprint density at radius 2 is 2.10 bits per heavy atom. The molecule has 6 heteroatoms. The number of nitrogen functional groups attached to an aromatic ring is 1. The first-order valence-electron chi connectivity index (χ1n) is 6.84. The van der Waals surface area contributed by atoms with E-state index in [1.54, 1.807) is 4.52 Å². The van der Waals surface area contributed by atoms with Crippen molar-refractivity contribution in [2.24, 2.45) is 5.84 Å². The maximum atomic E-state index is 6.23. The number of nitrogens with zero attached hydrogens (tertiary/aromatic N) is 3. The van der Waals surface area contributed by atoms with Crippen molar-refractivity contribution in [2.75, 3.05) is 5.43 Å². The number of aromatic nitrogens is 3. The Kier molecular flexibility index (Phi) is 3.77. The topological polar surface area (TPSA) is 68.2 Å². The van der Waals surface area contributed by atoms with E-state index in [-0.39, 0.29) is 0 Å². The lowest BCUT2D eigenvalue weighted by molar-refractivity contribution is 0.859. The van der Waals surface area contributed by atoms with Crippen molar-refractivity contribution in [1.82, 2.24) is 14.6 Å². The smallest absolute Gasteiger partial charge is 0.158 e. The van der Waals surface area contributed by atoms with Gasteiger partial charge >= 0.3 is 0 Å². The summed E-state index contributed by atoms with van der Waals surface area (Å²) in [7, 11) is 0. The van der Waals surface area contributed by atoms with E-state index in [2.05, 4.69) is 22.4 Å². The van der Waals surface area contributed by atoms with Crippen LogP contribution in [0.5, 0.6) is 0 Å². The average molecular weight is 302 g/mol. The first-order chi connectivity index (χ1) is 10.2. The monoisotopic (exact) mass is 301 g/mol. The van der Waals surface area contributed by atoms with Crippen LogP contribution in [-0.4, -0.2) is 14.6 Å². The summed E-state index contributed by atoms with van der Waals surface area (Å²) in [5.41, 5.74) is 6.07. The normalized spacial score (nSPS) is 11.0. The summed E-state index contributed by atoms with van der Waals surface area (Å²) < 4.78 is 1.69. The van der Waals surface area contributed by atoms with Gasteiger partial charge in [0.05, 0.1) is 10.7 Å². The van der Waals surface area contributed by atoms with Crippen LogP contribution in [-0.2, 0) is 6.42 Å². The van der Waals surface area contributed by atoms with Gasteiger partial charge in [-0.3, -0.25) is 0 Å². The molecule has 0 bridgehead atoms. The molecule has 0 aliphatic rings. The molecule has 0 amide bonds. The maximum absolute atomic E-state index is 6.23. The van der Waals surface area contributed by atoms with Crippen molar-refractivity contribution in [1.29, 1.82) is 0 Å². The van der Waals surface area contributed by atoms with E-state index < -0.39 is 0 Å². The molecule has 108 valence electrons. The first-order valence-corrected chi connectivity index (χ1v) is 7.22. The van der Waals surface area contributed by atoms with Gasteiger partial charge in [-0.2, -0.15) is 9.61 Å². The number of nitrogens with one attached hydrogen (secondary N) is 1. The summed E-state index contributed by atoms with van der Waals surface area (Å²) in [5.74, 6) is 6.30. The van der Waals surface area contributed by atoms with Gasteiger partial charge in [-0.1, -0.05) is 43.1 Å². The van der Waals surface area contributed by atoms with Crippen LogP contribution < -0.4 is 11.3 Å². The Labute approximate surface area is 127 Å². The second kappa shape index (κ2) is 5.71. The zero-order valence-electron chi connectivity index (χ0n) is 11.7. The Bertz CT molecular complexity index is 781. The molecule has 0 atom stereocenters. The SMILES string of the molecule is CCCc1cc(NN)n2nc(-c3ccccc3Cl)cc2n1. The highest BCUT2D eigenvalue weighted by atomic mass is 35.5. The fourth-order valence-corrected chi connectivity index (χ4v) is 2.55. The molecule has 0 saturated heterocycles. The standard InChI is InChI=1S/C15H16ClN5/c1-2-5-10-8-15(19-17)21-14(18-10)9-13(20-21)11-6-3-4-7-12(11)16/h3-4,6-9,19H,2,5,17H2,1H3. The van der Waals surface area contributed by atoms with Crippen LogP contribution in [0.25, 0.3) is 16.9 Å². The van der Waals surface area contributed by atoms with Gasteiger partial charge in [0, 0.05) is 23.4 Å². The number of hydrogen-bond donors (Lipinski definition) is 2. The number of benzene rings is 1.